The van der Waals surface area contributed by atoms with Gasteiger partial charge in [-0.2, -0.15) is 0 Å². The van der Waals surface area contributed by atoms with Crippen LogP contribution in [-0.2, 0) is 0 Å². The van der Waals surface area contributed by atoms with Crippen molar-refractivity contribution in [3.8, 4) is 5.75 Å². The third kappa shape index (κ3) is 2.67. The van der Waals surface area contributed by atoms with Crippen LogP contribution in [0, 0.1) is 0 Å². The summed E-state index contributed by atoms with van der Waals surface area (Å²) in [5.41, 5.74) is 1.61. The Hall–Kier alpha value is -1.72. The van der Waals surface area contributed by atoms with Crippen LogP contribution < -0.4 is 0 Å². The SMILES string of the molecule is Oc1ccccc1C=Nc1nc2ccc(Br)cc2s1. The van der Waals surface area contributed by atoms with Gasteiger partial charge in [-0.05, 0) is 30.3 Å². The van der Waals surface area contributed by atoms with E-state index >= 15 is 0 Å². The van der Waals surface area contributed by atoms with Crippen molar-refractivity contribution in [3.05, 3.63) is 52.5 Å². The lowest BCUT2D eigenvalue weighted by Crippen LogP contribution is -1.80. The summed E-state index contributed by atoms with van der Waals surface area (Å²) in [4.78, 5) is 8.73. The number of para-hydroxylation sites is 1. The maximum absolute atomic E-state index is 9.65. The fourth-order valence-electron chi connectivity index (χ4n) is 1.66. The van der Waals surface area contributed by atoms with Gasteiger partial charge in [0.15, 0.2) is 0 Å². The molecule has 0 spiro atoms. The number of hydrogen-bond acceptors (Lipinski definition) is 4. The normalized spacial score (nSPS) is 11.4. The van der Waals surface area contributed by atoms with E-state index in [1.165, 1.54) is 11.3 Å². The average Bonchev–Trinajstić information content (AvgIpc) is 2.79. The zero-order chi connectivity index (χ0) is 13.2. The Labute approximate surface area is 122 Å². The van der Waals surface area contributed by atoms with Gasteiger partial charge in [0, 0.05) is 16.3 Å². The molecule has 1 aromatic heterocycles. The molecule has 0 bridgehead atoms. The van der Waals surface area contributed by atoms with E-state index in [0.717, 1.165) is 14.7 Å². The van der Waals surface area contributed by atoms with E-state index in [2.05, 4.69) is 25.9 Å². The van der Waals surface area contributed by atoms with Gasteiger partial charge in [0.1, 0.15) is 5.75 Å². The van der Waals surface area contributed by atoms with Crippen molar-refractivity contribution in [1.29, 1.82) is 0 Å². The first-order chi connectivity index (χ1) is 9.22. The summed E-state index contributed by atoms with van der Waals surface area (Å²) >= 11 is 4.95. The van der Waals surface area contributed by atoms with Crippen molar-refractivity contribution in [1.82, 2.24) is 4.98 Å². The third-order valence-corrected chi connectivity index (χ3v) is 4.01. The van der Waals surface area contributed by atoms with Gasteiger partial charge in [-0.25, -0.2) is 9.98 Å². The summed E-state index contributed by atoms with van der Waals surface area (Å²) in [5.74, 6) is 0.218. The Balaban J connectivity index is 1.95. The highest BCUT2D eigenvalue weighted by atomic mass is 79.9. The molecular weight excluding hydrogens is 324 g/mol. The topological polar surface area (TPSA) is 45.5 Å². The number of aromatic nitrogens is 1. The Morgan fingerprint density at radius 3 is 2.89 bits per heavy atom. The molecule has 19 heavy (non-hydrogen) atoms. The monoisotopic (exact) mass is 332 g/mol. The molecule has 0 saturated carbocycles. The molecule has 3 aromatic rings. The smallest absolute Gasteiger partial charge is 0.210 e. The van der Waals surface area contributed by atoms with Gasteiger partial charge in [-0.15, -0.1) is 0 Å². The van der Waals surface area contributed by atoms with Crippen molar-refractivity contribution < 1.29 is 5.11 Å². The quantitative estimate of drug-likeness (QED) is 0.701. The fourth-order valence-corrected chi connectivity index (χ4v) is 3.03. The molecule has 0 amide bonds. The van der Waals surface area contributed by atoms with Gasteiger partial charge in [-0.1, -0.05) is 39.4 Å². The molecule has 0 saturated heterocycles. The van der Waals surface area contributed by atoms with Crippen LogP contribution in [-0.4, -0.2) is 16.3 Å². The zero-order valence-corrected chi connectivity index (χ0v) is 12.1. The van der Waals surface area contributed by atoms with Gasteiger partial charge in [0.25, 0.3) is 0 Å². The molecule has 3 nitrogen and oxygen atoms in total. The Morgan fingerprint density at radius 2 is 2.05 bits per heavy atom. The van der Waals surface area contributed by atoms with Crippen LogP contribution in [0.25, 0.3) is 10.2 Å². The number of nitrogens with zero attached hydrogens (tertiary/aromatic N) is 2. The van der Waals surface area contributed by atoms with Gasteiger partial charge >= 0.3 is 0 Å². The number of halogens is 1. The van der Waals surface area contributed by atoms with Crippen molar-refractivity contribution >= 4 is 48.8 Å². The van der Waals surface area contributed by atoms with E-state index in [9.17, 15) is 5.11 Å². The minimum atomic E-state index is 0.218. The van der Waals surface area contributed by atoms with E-state index in [1.807, 2.05) is 30.3 Å². The number of aromatic hydroxyl groups is 1. The largest absolute Gasteiger partial charge is 0.507 e. The molecule has 1 heterocycles. The molecule has 94 valence electrons. The maximum Gasteiger partial charge on any atom is 0.210 e. The number of rotatable bonds is 2. The predicted octanol–water partition coefficient (Wildman–Crippen LogP) is 4.52. The number of phenolic OH excluding ortho intramolecular Hbond substituents is 1. The molecule has 5 heteroatoms. The summed E-state index contributed by atoms with van der Waals surface area (Å²) in [6, 6.07) is 13.0. The van der Waals surface area contributed by atoms with Gasteiger partial charge in [-0.3, -0.25) is 0 Å². The van der Waals surface area contributed by atoms with Crippen LogP contribution in [0.1, 0.15) is 5.56 Å². The molecule has 0 aliphatic carbocycles. The highest BCUT2D eigenvalue weighted by molar-refractivity contribution is 9.10. The molecule has 3 rings (SSSR count). The number of phenols is 1. The summed E-state index contributed by atoms with van der Waals surface area (Å²) in [7, 11) is 0. The van der Waals surface area contributed by atoms with Crippen LogP contribution in [0.5, 0.6) is 5.75 Å². The van der Waals surface area contributed by atoms with Crippen molar-refractivity contribution in [2.45, 2.75) is 0 Å². The second kappa shape index (κ2) is 5.11. The predicted molar refractivity (Wildman–Crippen MR) is 82.7 cm³/mol. The number of hydrogen-bond donors (Lipinski definition) is 1. The maximum atomic E-state index is 9.65. The lowest BCUT2D eigenvalue weighted by molar-refractivity contribution is 0.474. The number of fused-ring (bicyclic) bond motifs is 1. The minimum Gasteiger partial charge on any atom is -0.507 e. The molecule has 0 radical (unpaired) electrons. The highest BCUT2D eigenvalue weighted by Crippen LogP contribution is 2.30. The average molecular weight is 333 g/mol. The molecule has 0 aliphatic rings. The van der Waals surface area contributed by atoms with Crippen LogP contribution >= 0.6 is 27.3 Å². The first-order valence-electron chi connectivity index (χ1n) is 5.60. The first-order valence-corrected chi connectivity index (χ1v) is 7.21. The van der Waals surface area contributed by atoms with E-state index in [0.29, 0.717) is 10.7 Å². The van der Waals surface area contributed by atoms with Gasteiger partial charge in [0.2, 0.25) is 5.13 Å². The van der Waals surface area contributed by atoms with Gasteiger partial charge < -0.3 is 5.11 Å². The van der Waals surface area contributed by atoms with Crippen LogP contribution in [0.3, 0.4) is 0 Å². The van der Waals surface area contributed by atoms with Crippen LogP contribution in [0.4, 0.5) is 5.13 Å². The molecule has 0 unspecified atom stereocenters. The van der Waals surface area contributed by atoms with Crippen LogP contribution in [0.15, 0.2) is 51.9 Å². The molecule has 0 atom stereocenters. The van der Waals surface area contributed by atoms with E-state index in [-0.39, 0.29) is 5.75 Å². The van der Waals surface area contributed by atoms with Crippen LogP contribution in [0.2, 0.25) is 0 Å². The standard InChI is InChI=1S/C14H9BrN2OS/c15-10-5-6-11-13(7-10)19-14(17-11)16-8-9-3-1-2-4-12(9)18/h1-8,18H. The number of thiazole rings is 1. The zero-order valence-electron chi connectivity index (χ0n) is 9.75. The van der Waals surface area contributed by atoms with Crippen molar-refractivity contribution in [3.63, 3.8) is 0 Å². The summed E-state index contributed by atoms with van der Waals surface area (Å²) in [5, 5.41) is 10.3. The number of benzene rings is 2. The van der Waals surface area contributed by atoms with E-state index in [1.54, 1.807) is 18.3 Å². The summed E-state index contributed by atoms with van der Waals surface area (Å²) in [6.45, 7) is 0. The first kappa shape index (κ1) is 12.3. The Kier molecular flexibility index (Phi) is 3.31. The molecule has 1 N–H and O–H groups in total. The van der Waals surface area contributed by atoms with E-state index < -0.39 is 0 Å². The van der Waals surface area contributed by atoms with Gasteiger partial charge in [0.05, 0.1) is 10.2 Å². The second-order valence-electron chi connectivity index (χ2n) is 3.93. The summed E-state index contributed by atoms with van der Waals surface area (Å²) < 4.78 is 2.11. The third-order valence-electron chi connectivity index (χ3n) is 2.59. The number of aliphatic imine (C=N–C) groups is 1. The molecule has 2 aromatic carbocycles. The fraction of sp³-hybridized carbons (Fsp3) is 0. The van der Waals surface area contributed by atoms with Crippen molar-refractivity contribution in [2.75, 3.05) is 0 Å². The molecular formula is C14H9BrN2OS. The Morgan fingerprint density at radius 1 is 1.21 bits per heavy atom. The highest BCUT2D eigenvalue weighted by Gasteiger charge is 2.03. The minimum absolute atomic E-state index is 0.218. The molecule has 0 aliphatic heterocycles. The Bertz CT molecular complexity index is 767. The lowest BCUT2D eigenvalue weighted by Gasteiger charge is -1.95. The molecule has 0 fully saturated rings. The lowest BCUT2D eigenvalue weighted by atomic mass is 10.2. The summed E-state index contributed by atoms with van der Waals surface area (Å²) in [6.07, 6.45) is 1.63. The second-order valence-corrected chi connectivity index (χ2v) is 5.85. The van der Waals surface area contributed by atoms with Crippen molar-refractivity contribution in [2.24, 2.45) is 4.99 Å². The van der Waals surface area contributed by atoms with E-state index in [4.69, 9.17) is 0 Å².